The Morgan fingerprint density at radius 1 is 1.15 bits per heavy atom. The maximum atomic E-state index is 13.5. The first-order valence-corrected chi connectivity index (χ1v) is 13.3. The van der Waals surface area contributed by atoms with E-state index in [0.29, 0.717) is 56.8 Å². The quantitative estimate of drug-likeness (QED) is 0.211. The number of carbonyl (C=O) groups excluding carboxylic acids is 1. The van der Waals surface area contributed by atoms with Crippen LogP contribution >= 0.6 is 11.6 Å². The zero-order chi connectivity index (χ0) is 28.8. The van der Waals surface area contributed by atoms with Crippen molar-refractivity contribution < 1.29 is 23.4 Å². The molecule has 9 nitrogen and oxygen atoms in total. The summed E-state index contributed by atoms with van der Waals surface area (Å²) in [6.07, 6.45) is 2.90. The van der Waals surface area contributed by atoms with E-state index in [1.807, 2.05) is 0 Å². The van der Waals surface area contributed by atoms with Gasteiger partial charge in [-0.25, -0.2) is 14.4 Å². The fourth-order valence-corrected chi connectivity index (χ4v) is 4.58. The molecule has 2 N–H and O–H groups in total. The van der Waals surface area contributed by atoms with Gasteiger partial charge in [0.05, 0.1) is 22.3 Å². The highest BCUT2D eigenvalue weighted by atomic mass is 35.5. The van der Waals surface area contributed by atoms with Crippen LogP contribution in [0.2, 0.25) is 5.02 Å². The molecule has 1 aliphatic heterocycles. The largest absolute Gasteiger partial charge is 0.490 e. The van der Waals surface area contributed by atoms with Crippen molar-refractivity contribution >= 4 is 45.6 Å². The summed E-state index contributed by atoms with van der Waals surface area (Å²) in [5, 5.41) is 7.11. The molecule has 0 spiro atoms. The highest BCUT2D eigenvalue weighted by Gasteiger charge is 2.25. The average Bonchev–Trinajstić information content (AvgIpc) is 2.94. The van der Waals surface area contributed by atoms with Crippen molar-refractivity contribution in [1.29, 1.82) is 0 Å². The van der Waals surface area contributed by atoms with Crippen LogP contribution in [0.4, 0.5) is 21.6 Å². The molecule has 1 fully saturated rings. The van der Waals surface area contributed by atoms with Gasteiger partial charge in [0, 0.05) is 43.9 Å². The van der Waals surface area contributed by atoms with Gasteiger partial charge < -0.3 is 24.8 Å². The van der Waals surface area contributed by atoms with Gasteiger partial charge in [0.15, 0.2) is 0 Å². The van der Waals surface area contributed by atoms with Crippen molar-refractivity contribution in [2.45, 2.75) is 12.7 Å². The minimum atomic E-state index is -0.369. The van der Waals surface area contributed by atoms with Crippen molar-refractivity contribution in [1.82, 2.24) is 14.9 Å². The van der Waals surface area contributed by atoms with E-state index in [2.05, 4.69) is 32.1 Å². The second kappa shape index (κ2) is 12.9. The lowest BCUT2D eigenvalue weighted by Gasteiger charge is -2.37. The van der Waals surface area contributed by atoms with Gasteiger partial charge >= 0.3 is 0 Å². The predicted octanol–water partition coefficient (Wildman–Crippen LogP) is 5.58. The highest BCUT2D eigenvalue weighted by Crippen LogP contribution is 2.35. The molecule has 5 rings (SSSR count). The highest BCUT2D eigenvalue weighted by molar-refractivity contribution is 6.32. The summed E-state index contributed by atoms with van der Waals surface area (Å²) >= 11 is 6.48. The number of nitrogens with zero attached hydrogens (tertiary/aromatic N) is 3. The van der Waals surface area contributed by atoms with E-state index in [0.717, 1.165) is 19.6 Å². The number of likely N-dealkylation sites (tertiary alicyclic amines) is 1. The van der Waals surface area contributed by atoms with E-state index in [4.69, 9.17) is 25.8 Å². The van der Waals surface area contributed by atoms with Crippen molar-refractivity contribution in [2.75, 3.05) is 44.0 Å². The SMILES string of the molecule is C=CC(=O)Nc1cc2c(Nc3ccc(OCc4cccc(F)c4)c(Cl)c3)ncnc2cc1OCCN1CC(OC)C1. The number of methoxy groups -OCH3 is 1. The van der Waals surface area contributed by atoms with Gasteiger partial charge in [0.2, 0.25) is 5.91 Å². The van der Waals surface area contributed by atoms with E-state index >= 15 is 0 Å². The number of aromatic nitrogens is 2. The standard InChI is InChI=1S/C30H29ClFN5O4/c1-3-29(38)36-26-13-23-25(14-28(26)40-10-9-37-15-22(16-37)39-2)33-18-34-30(23)35-21-7-8-27(24(31)12-21)41-17-19-5-4-6-20(32)11-19/h3-8,11-14,18,22H,1,9-10,15-17H2,2H3,(H,36,38)(H,33,34,35). The number of rotatable bonds is 12. The lowest BCUT2D eigenvalue weighted by molar-refractivity contribution is -0.111. The molecular weight excluding hydrogens is 549 g/mol. The zero-order valence-corrected chi connectivity index (χ0v) is 23.2. The molecule has 212 valence electrons. The van der Waals surface area contributed by atoms with Crippen molar-refractivity contribution in [3.8, 4) is 11.5 Å². The summed E-state index contributed by atoms with van der Waals surface area (Å²) in [6, 6.07) is 15.0. The molecule has 1 amide bonds. The first-order chi connectivity index (χ1) is 19.9. The summed E-state index contributed by atoms with van der Waals surface area (Å²) in [7, 11) is 1.71. The van der Waals surface area contributed by atoms with Gasteiger partial charge in [-0.05, 0) is 48.0 Å². The first kappa shape index (κ1) is 28.3. The number of halogens is 2. The number of carbonyl (C=O) groups is 1. The van der Waals surface area contributed by atoms with E-state index in [9.17, 15) is 9.18 Å². The van der Waals surface area contributed by atoms with Gasteiger partial charge in [-0.15, -0.1) is 0 Å². The van der Waals surface area contributed by atoms with E-state index in [1.165, 1.54) is 24.5 Å². The van der Waals surface area contributed by atoms with Gasteiger partial charge in [-0.1, -0.05) is 30.3 Å². The molecule has 0 saturated carbocycles. The van der Waals surface area contributed by atoms with Crippen molar-refractivity contribution in [3.05, 3.63) is 90.0 Å². The third-order valence-electron chi connectivity index (χ3n) is 6.58. The van der Waals surface area contributed by atoms with Crippen LogP contribution in [0.1, 0.15) is 5.56 Å². The normalized spacial score (nSPS) is 13.4. The number of hydrogen-bond donors (Lipinski definition) is 2. The fraction of sp³-hybridized carbons (Fsp3) is 0.233. The fourth-order valence-electron chi connectivity index (χ4n) is 4.34. The molecule has 0 bridgehead atoms. The summed E-state index contributed by atoms with van der Waals surface area (Å²) in [4.78, 5) is 23.2. The molecule has 1 aliphatic rings. The number of amides is 1. The average molecular weight is 578 g/mol. The molecule has 41 heavy (non-hydrogen) atoms. The summed E-state index contributed by atoms with van der Waals surface area (Å²) < 4.78 is 30.6. The van der Waals surface area contributed by atoms with E-state index in [-0.39, 0.29) is 24.4 Å². The minimum absolute atomic E-state index is 0.177. The van der Waals surface area contributed by atoms with Crippen LogP contribution in [0.25, 0.3) is 10.9 Å². The van der Waals surface area contributed by atoms with Crippen LogP contribution in [0, 0.1) is 5.82 Å². The van der Waals surface area contributed by atoms with Crippen LogP contribution in [0.5, 0.6) is 11.5 Å². The maximum Gasteiger partial charge on any atom is 0.247 e. The molecule has 3 aromatic carbocycles. The zero-order valence-electron chi connectivity index (χ0n) is 22.4. The van der Waals surface area contributed by atoms with Crippen LogP contribution < -0.4 is 20.1 Å². The van der Waals surface area contributed by atoms with E-state index in [1.54, 1.807) is 49.6 Å². The molecular formula is C30H29ClFN5O4. The second-order valence-corrected chi connectivity index (χ2v) is 9.84. The Labute approximate surface area is 241 Å². The lowest BCUT2D eigenvalue weighted by atomic mass is 10.1. The monoisotopic (exact) mass is 577 g/mol. The molecule has 0 atom stereocenters. The lowest BCUT2D eigenvalue weighted by Crippen LogP contribution is -2.52. The predicted molar refractivity (Wildman–Crippen MR) is 157 cm³/mol. The van der Waals surface area contributed by atoms with Crippen molar-refractivity contribution in [3.63, 3.8) is 0 Å². The molecule has 1 aromatic heterocycles. The minimum Gasteiger partial charge on any atom is -0.490 e. The Bertz CT molecular complexity index is 1560. The molecule has 2 heterocycles. The number of anilines is 3. The number of ether oxygens (including phenoxy) is 3. The topological polar surface area (TPSA) is 97.8 Å². The Morgan fingerprint density at radius 2 is 2.00 bits per heavy atom. The first-order valence-electron chi connectivity index (χ1n) is 13.0. The molecule has 11 heteroatoms. The third kappa shape index (κ3) is 7.10. The Hall–Kier alpha value is -4.25. The number of hydrogen-bond acceptors (Lipinski definition) is 8. The Kier molecular flexibility index (Phi) is 8.93. The summed E-state index contributed by atoms with van der Waals surface area (Å²) in [5.41, 5.74) is 2.45. The van der Waals surface area contributed by atoms with Gasteiger partial charge in [0.25, 0.3) is 0 Å². The molecule has 0 unspecified atom stereocenters. The van der Waals surface area contributed by atoms with Crippen LogP contribution in [0.3, 0.4) is 0 Å². The van der Waals surface area contributed by atoms with Gasteiger partial charge in [-0.3, -0.25) is 9.69 Å². The summed E-state index contributed by atoms with van der Waals surface area (Å²) in [5.74, 6) is 0.760. The Morgan fingerprint density at radius 3 is 2.76 bits per heavy atom. The van der Waals surface area contributed by atoms with E-state index < -0.39 is 0 Å². The van der Waals surface area contributed by atoms with Crippen LogP contribution in [-0.4, -0.2) is 60.2 Å². The van der Waals surface area contributed by atoms with Gasteiger partial charge in [0.1, 0.15) is 42.7 Å². The Balaban J connectivity index is 1.32. The number of benzene rings is 3. The number of nitrogens with one attached hydrogen (secondary N) is 2. The molecule has 1 saturated heterocycles. The van der Waals surface area contributed by atoms with Crippen molar-refractivity contribution in [2.24, 2.45) is 0 Å². The maximum absolute atomic E-state index is 13.5. The van der Waals surface area contributed by atoms with Crippen LogP contribution in [-0.2, 0) is 16.1 Å². The second-order valence-electron chi connectivity index (χ2n) is 9.44. The molecule has 0 radical (unpaired) electrons. The number of fused-ring (bicyclic) bond motifs is 1. The van der Waals surface area contributed by atoms with Gasteiger partial charge in [-0.2, -0.15) is 0 Å². The molecule has 0 aliphatic carbocycles. The van der Waals surface area contributed by atoms with Crippen LogP contribution in [0.15, 0.2) is 73.6 Å². The summed E-state index contributed by atoms with van der Waals surface area (Å²) in [6.45, 7) is 6.61. The third-order valence-corrected chi connectivity index (χ3v) is 6.88. The smallest absolute Gasteiger partial charge is 0.247 e. The molecule has 4 aromatic rings.